The first-order valence-corrected chi connectivity index (χ1v) is 6.49. The highest BCUT2D eigenvalue weighted by atomic mass is 16.5. The van der Waals surface area contributed by atoms with Crippen molar-refractivity contribution in [2.45, 2.75) is 52.1 Å². The molecule has 0 aliphatic heterocycles. The third-order valence-corrected chi connectivity index (χ3v) is 3.07. The Balaban J connectivity index is 3.91. The van der Waals surface area contributed by atoms with Gasteiger partial charge in [-0.25, -0.2) is 4.79 Å². The second-order valence-corrected chi connectivity index (χ2v) is 4.81. The van der Waals surface area contributed by atoms with Crippen LogP contribution in [0.2, 0.25) is 0 Å². The van der Waals surface area contributed by atoms with Gasteiger partial charge in [0.15, 0.2) is 5.60 Å². The van der Waals surface area contributed by atoms with Crippen LogP contribution in [-0.4, -0.2) is 36.9 Å². The van der Waals surface area contributed by atoms with Gasteiger partial charge in [-0.15, -0.1) is 0 Å². The zero-order valence-corrected chi connectivity index (χ0v) is 11.6. The number of esters is 1. The Hall–Kier alpha value is -0.610. The molecular formula is C13H27NO3. The van der Waals surface area contributed by atoms with Gasteiger partial charge in [0.1, 0.15) is 0 Å². The first kappa shape index (κ1) is 16.4. The summed E-state index contributed by atoms with van der Waals surface area (Å²) in [5.74, 6) is 0.0232. The lowest BCUT2D eigenvalue weighted by atomic mass is 9.99. The molecule has 0 heterocycles. The van der Waals surface area contributed by atoms with E-state index in [-0.39, 0.29) is 6.54 Å². The monoisotopic (exact) mass is 245 g/mol. The summed E-state index contributed by atoms with van der Waals surface area (Å²) in [6.07, 6.45) is 4.75. The van der Waals surface area contributed by atoms with E-state index in [1.807, 2.05) is 0 Å². The zero-order chi connectivity index (χ0) is 13.3. The average Bonchev–Trinajstić information content (AvgIpc) is 2.32. The molecule has 0 aromatic carbocycles. The van der Waals surface area contributed by atoms with E-state index in [0.29, 0.717) is 5.92 Å². The Kier molecular flexibility index (Phi) is 8.17. The molecule has 0 rings (SSSR count). The van der Waals surface area contributed by atoms with Crippen LogP contribution in [-0.2, 0) is 9.53 Å². The van der Waals surface area contributed by atoms with Crippen molar-refractivity contribution in [2.75, 3.05) is 20.2 Å². The van der Waals surface area contributed by atoms with Gasteiger partial charge in [0.2, 0.25) is 0 Å². The van der Waals surface area contributed by atoms with E-state index in [1.54, 1.807) is 0 Å². The molecule has 0 aliphatic rings. The van der Waals surface area contributed by atoms with Gasteiger partial charge in [0.05, 0.1) is 7.11 Å². The topological polar surface area (TPSA) is 58.6 Å². The highest BCUT2D eigenvalue weighted by Gasteiger charge is 2.30. The second-order valence-electron chi connectivity index (χ2n) is 4.81. The van der Waals surface area contributed by atoms with Gasteiger partial charge < -0.3 is 15.2 Å². The molecule has 0 aromatic heterocycles. The Morgan fingerprint density at radius 2 is 2.12 bits per heavy atom. The van der Waals surface area contributed by atoms with Crippen LogP contribution in [0.1, 0.15) is 46.5 Å². The van der Waals surface area contributed by atoms with Crippen molar-refractivity contribution in [1.29, 1.82) is 0 Å². The van der Waals surface area contributed by atoms with Crippen LogP contribution < -0.4 is 5.32 Å². The molecule has 0 aromatic rings. The van der Waals surface area contributed by atoms with Crippen LogP contribution >= 0.6 is 0 Å². The van der Waals surface area contributed by atoms with Crippen LogP contribution in [0, 0.1) is 5.92 Å². The van der Waals surface area contributed by atoms with Crippen molar-refractivity contribution in [3.63, 3.8) is 0 Å². The molecule has 0 bridgehead atoms. The number of hydrogen-bond donors (Lipinski definition) is 2. The lowest BCUT2D eigenvalue weighted by Gasteiger charge is -2.22. The van der Waals surface area contributed by atoms with Crippen molar-refractivity contribution in [1.82, 2.24) is 5.32 Å². The van der Waals surface area contributed by atoms with Gasteiger partial charge in [0, 0.05) is 6.54 Å². The molecular weight excluding hydrogens is 218 g/mol. The normalized spacial score (nSPS) is 16.3. The Morgan fingerprint density at radius 1 is 1.47 bits per heavy atom. The quantitative estimate of drug-likeness (QED) is 0.607. The van der Waals surface area contributed by atoms with Gasteiger partial charge in [0.25, 0.3) is 0 Å². The number of carbonyl (C=O) groups is 1. The first-order valence-electron chi connectivity index (χ1n) is 6.49. The third kappa shape index (κ3) is 6.64. The third-order valence-electron chi connectivity index (χ3n) is 3.07. The summed E-state index contributed by atoms with van der Waals surface area (Å²) < 4.78 is 4.53. The number of hydrogen-bond acceptors (Lipinski definition) is 4. The molecule has 0 aliphatic carbocycles. The number of unbranched alkanes of at least 4 members (excludes halogenated alkanes) is 1. The number of carbonyl (C=O) groups excluding carboxylic acids is 1. The van der Waals surface area contributed by atoms with Gasteiger partial charge >= 0.3 is 5.97 Å². The van der Waals surface area contributed by atoms with Crippen molar-refractivity contribution < 1.29 is 14.6 Å². The molecule has 102 valence electrons. The summed E-state index contributed by atoms with van der Waals surface area (Å²) in [7, 11) is 1.28. The molecule has 0 spiro atoms. The smallest absolute Gasteiger partial charge is 0.338 e. The molecule has 0 saturated heterocycles. The van der Waals surface area contributed by atoms with Gasteiger partial charge in [-0.1, -0.05) is 33.1 Å². The highest BCUT2D eigenvalue weighted by Crippen LogP contribution is 2.12. The Morgan fingerprint density at radius 3 is 2.59 bits per heavy atom. The van der Waals surface area contributed by atoms with Crippen LogP contribution in [0.5, 0.6) is 0 Å². The summed E-state index contributed by atoms with van der Waals surface area (Å²) in [4.78, 5) is 11.2. The molecule has 17 heavy (non-hydrogen) atoms. The number of rotatable bonds is 9. The zero-order valence-electron chi connectivity index (χ0n) is 11.6. The number of ether oxygens (including phenoxy) is 1. The van der Waals surface area contributed by atoms with E-state index in [9.17, 15) is 9.90 Å². The van der Waals surface area contributed by atoms with Crippen molar-refractivity contribution in [2.24, 2.45) is 5.92 Å². The second kappa shape index (κ2) is 8.48. The maximum Gasteiger partial charge on any atom is 0.338 e. The minimum Gasteiger partial charge on any atom is -0.467 e. The van der Waals surface area contributed by atoms with Crippen molar-refractivity contribution >= 4 is 5.97 Å². The molecule has 4 heteroatoms. The number of aliphatic hydroxyl groups is 1. The van der Waals surface area contributed by atoms with E-state index in [4.69, 9.17) is 0 Å². The molecule has 2 atom stereocenters. The van der Waals surface area contributed by atoms with E-state index in [0.717, 1.165) is 13.0 Å². The lowest BCUT2D eigenvalue weighted by Crippen LogP contribution is -2.46. The van der Waals surface area contributed by atoms with E-state index < -0.39 is 11.6 Å². The highest BCUT2D eigenvalue weighted by molar-refractivity contribution is 5.78. The van der Waals surface area contributed by atoms with Crippen LogP contribution in [0.4, 0.5) is 0 Å². The molecule has 2 N–H and O–H groups in total. The lowest BCUT2D eigenvalue weighted by molar-refractivity contribution is -0.159. The maximum atomic E-state index is 11.2. The molecule has 0 radical (unpaired) electrons. The van der Waals surface area contributed by atoms with E-state index in [1.165, 1.54) is 33.3 Å². The summed E-state index contributed by atoms with van der Waals surface area (Å²) in [5, 5.41) is 13.0. The molecule has 0 fully saturated rings. The summed E-state index contributed by atoms with van der Waals surface area (Å²) in [5.41, 5.74) is -1.43. The molecule has 0 amide bonds. The van der Waals surface area contributed by atoms with Crippen LogP contribution in [0.25, 0.3) is 0 Å². The van der Waals surface area contributed by atoms with Crippen molar-refractivity contribution in [3.8, 4) is 0 Å². The summed E-state index contributed by atoms with van der Waals surface area (Å²) in [6.45, 7) is 6.90. The standard InChI is InChI=1S/C13H27NO3/c1-5-7-8-11(6-2)9-14-10-13(3,16)12(15)17-4/h11,14,16H,5-10H2,1-4H3. The summed E-state index contributed by atoms with van der Waals surface area (Å²) >= 11 is 0. The van der Waals surface area contributed by atoms with E-state index >= 15 is 0 Å². The molecule has 2 unspecified atom stereocenters. The number of nitrogens with one attached hydrogen (secondary N) is 1. The van der Waals surface area contributed by atoms with Crippen molar-refractivity contribution in [3.05, 3.63) is 0 Å². The largest absolute Gasteiger partial charge is 0.467 e. The Labute approximate surface area is 105 Å². The van der Waals surface area contributed by atoms with Gasteiger partial charge in [-0.05, 0) is 25.8 Å². The predicted molar refractivity (Wildman–Crippen MR) is 68.8 cm³/mol. The molecule has 4 nitrogen and oxygen atoms in total. The summed E-state index contributed by atoms with van der Waals surface area (Å²) in [6, 6.07) is 0. The first-order chi connectivity index (χ1) is 7.97. The fourth-order valence-electron chi connectivity index (χ4n) is 1.76. The minimum atomic E-state index is -1.43. The average molecular weight is 245 g/mol. The molecule has 0 saturated carbocycles. The maximum absolute atomic E-state index is 11.2. The Bertz CT molecular complexity index is 217. The minimum absolute atomic E-state index is 0.238. The van der Waals surface area contributed by atoms with Gasteiger partial charge in [-0.2, -0.15) is 0 Å². The van der Waals surface area contributed by atoms with Crippen LogP contribution in [0.15, 0.2) is 0 Å². The number of methoxy groups -OCH3 is 1. The fourth-order valence-corrected chi connectivity index (χ4v) is 1.76. The SMILES string of the molecule is CCCCC(CC)CNCC(C)(O)C(=O)OC. The predicted octanol–water partition coefficient (Wildman–Crippen LogP) is 1.72. The fraction of sp³-hybridized carbons (Fsp3) is 0.923. The van der Waals surface area contributed by atoms with Gasteiger partial charge in [-0.3, -0.25) is 0 Å². The van der Waals surface area contributed by atoms with E-state index in [2.05, 4.69) is 23.9 Å². The van der Waals surface area contributed by atoms with Crippen LogP contribution in [0.3, 0.4) is 0 Å².